The summed E-state index contributed by atoms with van der Waals surface area (Å²) in [4.78, 5) is 28.0. The maximum absolute atomic E-state index is 13.3. The van der Waals surface area contributed by atoms with Crippen molar-refractivity contribution in [3.05, 3.63) is 59.2 Å². The third-order valence-corrected chi connectivity index (χ3v) is 5.60. The second kappa shape index (κ2) is 8.61. The Morgan fingerprint density at radius 3 is 2.74 bits per heavy atom. The maximum Gasteiger partial charge on any atom is 0.259 e. The molecule has 1 heterocycles. The van der Waals surface area contributed by atoms with Crippen LogP contribution in [-0.4, -0.2) is 30.2 Å². The fraction of sp³-hybridized carbons (Fsp3) is 0.364. The lowest BCUT2D eigenvalue weighted by Crippen LogP contribution is -2.36. The Bertz CT molecular complexity index is 848. The van der Waals surface area contributed by atoms with Gasteiger partial charge in [0.15, 0.2) is 0 Å². The van der Waals surface area contributed by atoms with Crippen LogP contribution in [0.3, 0.4) is 0 Å². The van der Waals surface area contributed by atoms with Gasteiger partial charge in [-0.2, -0.15) is 0 Å². The van der Waals surface area contributed by atoms with Crippen molar-refractivity contribution in [3.63, 3.8) is 0 Å². The summed E-state index contributed by atoms with van der Waals surface area (Å²) in [5.74, 6) is 0.293. The summed E-state index contributed by atoms with van der Waals surface area (Å²) < 4.78 is 0. The molecule has 3 rings (SSSR count). The van der Waals surface area contributed by atoms with Gasteiger partial charge in [0.2, 0.25) is 5.91 Å². The number of hydrogen-bond acceptors (Lipinski definition) is 3. The van der Waals surface area contributed by atoms with E-state index >= 15 is 0 Å². The summed E-state index contributed by atoms with van der Waals surface area (Å²) >= 11 is 1.41. The zero-order valence-electron chi connectivity index (χ0n) is 16.1. The van der Waals surface area contributed by atoms with Gasteiger partial charge in [-0.25, -0.2) is 0 Å². The first kappa shape index (κ1) is 19.5. The number of hydrogen-bond donors (Lipinski definition) is 1. The lowest BCUT2D eigenvalue weighted by molar-refractivity contribution is -0.119. The number of carbonyl (C=O) groups excluding carboxylic acids is 2. The molecule has 0 fully saturated rings. The van der Waals surface area contributed by atoms with Gasteiger partial charge in [0, 0.05) is 23.2 Å². The van der Waals surface area contributed by atoms with E-state index in [1.54, 1.807) is 0 Å². The zero-order valence-corrected chi connectivity index (χ0v) is 16.9. The molecule has 0 unspecified atom stereocenters. The average molecular weight is 383 g/mol. The smallest absolute Gasteiger partial charge is 0.259 e. The molecule has 1 aliphatic rings. The molecule has 2 aromatic carbocycles. The summed E-state index contributed by atoms with van der Waals surface area (Å²) in [5.41, 5.74) is 4.12. The van der Waals surface area contributed by atoms with E-state index in [4.69, 9.17) is 0 Å². The number of aryl methyl sites for hydroxylation is 2. The van der Waals surface area contributed by atoms with Gasteiger partial charge in [-0.05, 0) is 57.4 Å². The normalized spacial score (nSPS) is 13.4. The van der Waals surface area contributed by atoms with Crippen LogP contribution in [0.1, 0.15) is 41.8 Å². The molecular weight excluding hydrogens is 356 g/mol. The van der Waals surface area contributed by atoms with Gasteiger partial charge in [-0.15, -0.1) is 11.8 Å². The first-order valence-corrected chi connectivity index (χ1v) is 10.4. The van der Waals surface area contributed by atoms with E-state index in [0.717, 1.165) is 30.0 Å². The van der Waals surface area contributed by atoms with E-state index in [9.17, 15) is 9.59 Å². The number of anilines is 1. The molecule has 0 saturated carbocycles. The minimum Gasteiger partial charge on any atom is -0.353 e. The number of benzene rings is 2. The molecule has 0 aliphatic carbocycles. The molecule has 0 aromatic heterocycles. The van der Waals surface area contributed by atoms with Crippen molar-refractivity contribution in [3.8, 4) is 0 Å². The summed E-state index contributed by atoms with van der Waals surface area (Å²) in [6.45, 7) is 6.68. The Labute approximate surface area is 165 Å². The number of thioether (sulfide) groups is 1. The summed E-state index contributed by atoms with van der Waals surface area (Å²) in [7, 11) is 0. The maximum atomic E-state index is 13.3. The van der Waals surface area contributed by atoms with Gasteiger partial charge in [0.05, 0.1) is 11.3 Å². The average Bonchev–Trinajstić information content (AvgIpc) is 2.64. The Balaban J connectivity index is 1.81. The molecule has 5 heteroatoms. The standard InChI is InChI=1S/C22H26N2O2S/c1-15(2)23-21(25)14-27-20-9-5-4-8-18(20)22(26)24-12-6-7-17-13-16(3)10-11-19(17)24/h4-5,8-11,13,15H,6-7,12,14H2,1-3H3,(H,23,25). The number of rotatable bonds is 5. The van der Waals surface area contributed by atoms with Crippen LogP contribution in [0.2, 0.25) is 0 Å². The van der Waals surface area contributed by atoms with Crippen molar-refractivity contribution < 1.29 is 9.59 Å². The topological polar surface area (TPSA) is 49.4 Å². The van der Waals surface area contributed by atoms with Gasteiger partial charge in [0.25, 0.3) is 5.91 Å². The van der Waals surface area contributed by atoms with Gasteiger partial charge in [-0.3, -0.25) is 9.59 Å². The van der Waals surface area contributed by atoms with Crippen LogP contribution >= 0.6 is 11.8 Å². The Morgan fingerprint density at radius 1 is 1.19 bits per heavy atom. The highest BCUT2D eigenvalue weighted by Crippen LogP contribution is 2.31. The van der Waals surface area contributed by atoms with Crippen molar-refractivity contribution in [1.82, 2.24) is 5.32 Å². The van der Waals surface area contributed by atoms with Gasteiger partial charge in [-0.1, -0.05) is 29.8 Å². The lowest BCUT2D eigenvalue weighted by atomic mass is 9.99. The highest BCUT2D eigenvalue weighted by molar-refractivity contribution is 8.00. The van der Waals surface area contributed by atoms with E-state index in [1.807, 2.05) is 49.1 Å². The Morgan fingerprint density at radius 2 is 1.96 bits per heavy atom. The molecule has 142 valence electrons. The van der Waals surface area contributed by atoms with Crippen LogP contribution in [0.15, 0.2) is 47.4 Å². The third-order valence-electron chi connectivity index (χ3n) is 4.52. The van der Waals surface area contributed by atoms with E-state index < -0.39 is 0 Å². The predicted octanol–water partition coefficient (Wildman–Crippen LogP) is 4.20. The molecule has 1 aliphatic heterocycles. The quantitative estimate of drug-likeness (QED) is 0.788. The van der Waals surface area contributed by atoms with Crippen LogP contribution in [0.25, 0.3) is 0 Å². The number of fused-ring (bicyclic) bond motifs is 1. The van der Waals surface area contributed by atoms with Crippen LogP contribution in [-0.2, 0) is 11.2 Å². The number of nitrogens with one attached hydrogen (secondary N) is 1. The first-order chi connectivity index (χ1) is 13.0. The predicted molar refractivity (Wildman–Crippen MR) is 112 cm³/mol. The van der Waals surface area contributed by atoms with Crippen LogP contribution in [0.4, 0.5) is 5.69 Å². The number of amides is 2. The van der Waals surface area contributed by atoms with Crippen LogP contribution < -0.4 is 10.2 Å². The lowest BCUT2D eigenvalue weighted by Gasteiger charge is -2.30. The summed E-state index contributed by atoms with van der Waals surface area (Å²) in [6, 6.07) is 14.0. The molecule has 0 radical (unpaired) electrons. The second-order valence-corrected chi connectivity index (χ2v) is 8.22. The Kier molecular flexibility index (Phi) is 6.22. The molecule has 0 atom stereocenters. The fourth-order valence-electron chi connectivity index (χ4n) is 3.36. The highest BCUT2D eigenvalue weighted by atomic mass is 32.2. The molecule has 4 nitrogen and oxygen atoms in total. The van der Waals surface area contributed by atoms with Gasteiger partial charge >= 0.3 is 0 Å². The minimum atomic E-state index is -0.0176. The molecule has 2 amide bonds. The minimum absolute atomic E-state index is 0.00664. The molecular formula is C22H26N2O2S. The first-order valence-electron chi connectivity index (χ1n) is 9.38. The van der Waals surface area contributed by atoms with E-state index in [2.05, 4.69) is 24.4 Å². The van der Waals surface area contributed by atoms with E-state index in [1.165, 1.54) is 22.9 Å². The van der Waals surface area contributed by atoms with Crippen molar-refractivity contribution >= 4 is 29.3 Å². The van der Waals surface area contributed by atoms with Crippen LogP contribution in [0.5, 0.6) is 0 Å². The SMILES string of the molecule is Cc1ccc2c(c1)CCCN2C(=O)c1ccccc1SCC(=O)NC(C)C. The number of carbonyl (C=O) groups is 2. The van der Waals surface area contributed by atoms with Crippen molar-refractivity contribution in [2.45, 2.75) is 44.6 Å². The monoisotopic (exact) mass is 382 g/mol. The van der Waals surface area contributed by atoms with Crippen molar-refractivity contribution in [2.75, 3.05) is 17.2 Å². The Hall–Kier alpha value is -2.27. The van der Waals surface area contributed by atoms with E-state index in [0.29, 0.717) is 11.3 Å². The number of nitrogens with zero attached hydrogens (tertiary/aromatic N) is 1. The third kappa shape index (κ3) is 4.72. The summed E-state index contributed by atoms with van der Waals surface area (Å²) in [6.07, 6.45) is 1.97. The summed E-state index contributed by atoms with van der Waals surface area (Å²) in [5, 5.41) is 2.89. The zero-order chi connectivity index (χ0) is 19.4. The second-order valence-electron chi connectivity index (χ2n) is 7.20. The molecule has 2 aromatic rings. The van der Waals surface area contributed by atoms with Gasteiger partial charge in [0.1, 0.15) is 0 Å². The molecule has 0 bridgehead atoms. The van der Waals surface area contributed by atoms with Crippen LogP contribution in [0, 0.1) is 6.92 Å². The fourth-order valence-corrected chi connectivity index (χ4v) is 4.21. The van der Waals surface area contributed by atoms with Gasteiger partial charge < -0.3 is 10.2 Å². The highest BCUT2D eigenvalue weighted by Gasteiger charge is 2.25. The van der Waals surface area contributed by atoms with Crippen molar-refractivity contribution in [2.24, 2.45) is 0 Å². The van der Waals surface area contributed by atoms with E-state index in [-0.39, 0.29) is 17.9 Å². The molecule has 0 saturated heterocycles. The van der Waals surface area contributed by atoms with Crippen molar-refractivity contribution in [1.29, 1.82) is 0 Å². The largest absolute Gasteiger partial charge is 0.353 e. The molecule has 1 N–H and O–H groups in total. The molecule has 0 spiro atoms. The molecule has 27 heavy (non-hydrogen) atoms.